The first-order chi connectivity index (χ1) is 11.2. The van der Waals surface area contributed by atoms with E-state index in [0.717, 1.165) is 17.0 Å². The number of rotatable bonds is 2. The van der Waals surface area contributed by atoms with Crippen LogP contribution in [0.5, 0.6) is 0 Å². The Morgan fingerprint density at radius 3 is 2.78 bits per heavy atom. The molecule has 2 aromatic heterocycles. The molecule has 0 bridgehead atoms. The second-order valence-electron chi connectivity index (χ2n) is 5.57. The van der Waals surface area contributed by atoms with Crippen LogP contribution in [0.4, 0.5) is 0 Å². The van der Waals surface area contributed by atoms with Crippen molar-refractivity contribution in [1.82, 2.24) is 19.7 Å². The Balaban J connectivity index is 1.59. The predicted molar refractivity (Wildman–Crippen MR) is 83.6 cm³/mol. The Kier molecular flexibility index (Phi) is 3.22. The van der Waals surface area contributed by atoms with Gasteiger partial charge in [0.25, 0.3) is 5.91 Å². The summed E-state index contributed by atoms with van der Waals surface area (Å²) in [6.45, 7) is 1.09. The average Bonchev–Trinajstić information content (AvgIpc) is 3.20. The van der Waals surface area contributed by atoms with Gasteiger partial charge in [0.05, 0.1) is 6.54 Å². The fourth-order valence-electron chi connectivity index (χ4n) is 2.82. The highest BCUT2D eigenvalue weighted by Gasteiger charge is 2.27. The van der Waals surface area contributed by atoms with Crippen LogP contribution in [0.15, 0.2) is 47.0 Å². The topological polar surface area (TPSA) is 64.2 Å². The summed E-state index contributed by atoms with van der Waals surface area (Å²) < 4.78 is 7.46. The molecule has 3 heterocycles. The SMILES string of the molecule is Cn1nccc1C(=O)N1CCc2oc(-c3ccccc3)nc2C1. The average molecular weight is 308 g/mol. The molecule has 116 valence electrons. The summed E-state index contributed by atoms with van der Waals surface area (Å²) >= 11 is 0. The van der Waals surface area contributed by atoms with E-state index < -0.39 is 0 Å². The maximum Gasteiger partial charge on any atom is 0.272 e. The van der Waals surface area contributed by atoms with Gasteiger partial charge in [-0.3, -0.25) is 9.48 Å². The highest BCUT2D eigenvalue weighted by atomic mass is 16.4. The molecular weight excluding hydrogens is 292 g/mol. The van der Waals surface area contributed by atoms with Gasteiger partial charge in [0.1, 0.15) is 17.1 Å². The normalized spacial score (nSPS) is 13.9. The molecule has 0 N–H and O–H groups in total. The number of nitrogens with zero attached hydrogens (tertiary/aromatic N) is 4. The van der Waals surface area contributed by atoms with Crippen molar-refractivity contribution in [1.29, 1.82) is 0 Å². The molecular formula is C17H16N4O2. The smallest absolute Gasteiger partial charge is 0.272 e. The Morgan fingerprint density at radius 1 is 1.22 bits per heavy atom. The summed E-state index contributed by atoms with van der Waals surface area (Å²) in [5.74, 6) is 1.46. The lowest BCUT2D eigenvalue weighted by atomic mass is 10.1. The monoisotopic (exact) mass is 308 g/mol. The minimum absolute atomic E-state index is 0.0279. The van der Waals surface area contributed by atoms with Gasteiger partial charge >= 0.3 is 0 Å². The van der Waals surface area contributed by atoms with Crippen molar-refractivity contribution < 1.29 is 9.21 Å². The fraction of sp³-hybridized carbons (Fsp3) is 0.235. The third-order valence-electron chi connectivity index (χ3n) is 4.08. The van der Waals surface area contributed by atoms with Crippen LogP contribution in [0.25, 0.3) is 11.5 Å². The summed E-state index contributed by atoms with van der Waals surface area (Å²) in [6, 6.07) is 11.5. The molecule has 0 saturated heterocycles. The van der Waals surface area contributed by atoms with Crippen LogP contribution in [0.2, 0.25) is 0 Å². The quantitative estimate of drug-likeness (QED) is 0.728. The molecule has 0 spiro atoms. The molecule has 0 atom stereocenters. The predicted octanol–water partition coefficient (Wildman–Crippen LogP) is 2.27. The Morgan fingerprint density at radius 2 is 2.04 bits per heavy atom. The Labute approximate surface area is 133 Å². The van der Waals surface area contributed by atoms with Gasteiger partial charge in [0.15, 0.2) is 0 Å². The molecule has 0 radical (unpaired) electrons. The highest BCUT2D eigenvalue weighted by molar-refractivity contribution is 5.92. The molecule has 1 amide bonds. The van der Waals surface area contributed by atoms with Gasteiger partial charge < -0.3 is 9.32 Å². The number of amides is 1. The molecule has 0 aliphatic carbocycles. The molecule has 23 heavy (non-hydrogen) atoms. The molecule has 4 rings (SSSR count). The van der Waals surface area contributed by atoms with E-state index in [1.165, 1.54) is 0 Å². The second kappa shape index (κ2) is 5.39. The van der Waals surface area contributed by atoms with Crippen molar-refractivity contribution >= 4 is 5.91 Å². The molecule has 1 aliphatic rings. The standard InChI is InChI=1S/C17H16N4O2/c1-20-14(7-9-18-20)17(22)21-10-8-15-13(11-21)19-16(23-15)12-5-3-2-4-6-12/h2-7,9H,8,10-11H2,1H3. The number of hydrogen-bond acceptors (Lipinski definition) is 4. The van der Waals surface area contributed by atoms with Gasteiger partial charge in [-0.1, -0.05) is 18.2 Å². The Hall–Kier alpha value is -2.89. The molecule has 3 aromatic rings. The van der Waals surface area contributed by atoms with E-state index in [-0.39, 0.29) is 5.91 Å². The molecule has 0 unspecified atom stereocenters. The van der Waals surface area contributed by atoms with Gasteiger partial charge in [0.2, 0.25) is 5.89 Å². The van der Waals surface area contributed by atoms with E-state index in [9.17, 15) is 4.79 Å². The number of carbonyl (C=O) groups is 1. The first-order valence-corrected chi connectivity index (χ1v) is 7.53. The lowest BCUT2D eigenvalue weighted by Gasteiger charge is -2.25. The minimum atomic E-state index is -0.0279. The van der Waals surface area contributed by atoms with Crippen molar-refractivity contribution in [3.8, 4) is 11.5 Å². The van der Waals surface area contributed by atoms with E-state index in [2.05, 4.69) is 10.1 Å². The molecule has 6 heteroatoms. The summed E-state index contributed by atoms with van der Waals surface area (Å²) in [7, 11) is 1.77. The van der Waals surface area contributed by atoms with E-state index in [0.29, 0.717) is 31.1 Å². The summed E-state index contributed by atoms with van der Waals surface area (Å²) in [5.41, 5.74) is 2.37. The van der Waals surface area contributed by atoms with Gasteiger partial charge in [-0.25, -0.2) is 4.98 Å². The molecule has 1 aromatic carbocycles. The van der Waals surface area contributed by atoms with Crippen LogP contribution >= 0.6 is 0 Å². The summed E-state index contributed by atoms with van der Waals surface area (Å²) in [4.78, 5) is 18.9. The van der Waals surface area contributed by atoms with Crippen molar-refractivity contribution in [2.24, 2.45) is 7.05 Å². The number of aryl methyl sites for hydroxylation is 1. The zero-order valence-corrected chi connectivity index (χ0v) is 12.8. The van der Waals surface area contributed by atoms with Crippen molar-refractivity contribution in [2.75, 3.05) is 6.54 Å². The number of oxazole rings is 1. The van der Waals surface area contributed by atoms with Gasteiger partial charge in [-0.05, 0) is 18.2 Å². The third-order valence-corrected chi connectivity index (χ3v) is 4.08. The van der Waals surface area contributed by atoms with Crippen molar-refractivity contribution in [3.05, 3.63) is 59.7 Å². The lowest BCUT2D eigenvalue weighted by Crippen LogP contribution is -2.36. The van der Waals surface area contributed by atoms with Crippen LogP contribution in [0.3, 0.4) is 0 Å². The van der Waals surface area contributed by atoms with E-state index in [1.54, 1.807) is 28.9 Å². The number of fused-ring (bicyclic) bond motifs is 1. The third kappa shape index (κ3) is 2.42. The zero-order chi connectivity index (χ0) is 15.8. The number of benzene rings is 1. The van der Waals surface area contributed by atoms with E-state index >= 15 is 0 Å². The van der Waals surface area contributed by atoms with Crippen LogP contribution < -0.4 is 0 Å². The van der Waals surface area contributed by atoms with Crippen LogP contribution in [0, 0.1) is 0 Å². The van der Waals surface area contributed by atoms with Crippen LogP contribution in [-0.2, 0) is 20.0 Å². The second-order valence-corrected chi connectivity index (χ2v) is 5.57. The van der Waals surface area contributed by atoms with Gasteiger partial charge in [-0.15, -0.1) is 0 Å². The van der Waals surface area contributed by atoms with Gasteiger partial charge in [-0.2, -0.15) is 5.10 Å². The molecule has 0 saturated carbocycles. The Bertz CT molecular complexity index is 851. The number of hydrogen-bond donors (Lipinski definition) is 0. The zero-order valence-electron chi connectivity index (χ0n) is 12.8. The minimum Gasteiger partial charge on any atom is -0.441 e. The number of carbonyl (C=O) groups excluding carboxylic acids is 1. The largest absolute Gasteiger partial charge is 0.441 e. The van der Waals surface area contributed by atoms with Crippen molar-refractivity contribution in [2.45, 2.75) is 13.0 Å². The lowest BCUT2D eigenvalue weighted by molar-refractivity contribution is 0.0717. The van der Waals surface area contributed by atoms with Crippen molar-refractivity contribution in [3.63, 3.8) is 0 Å². The summed E-state index contributed by atoms with van der Waals surface area (Å²) in [6.07, 6.45) is 2.31. The maximum atomic E-state index is 12.6. The summed E-state index contributed by atoms with van der Waals surface area (Å²) in [5, 5.41) is 4.06. The van der Waals surface area contributed by atoms with Crippen LogP contribution in [0.1, 0.15) is 21.9 Å². The fourth-order valence-corrected chi connectivity index (χ4v) is 2.82. The highest BCUT2D eigenvalue weighted by Crippen LogP contribution is 2.26. The maximum absolute atomic E-state index is 12.6. The van der Waals surface area contributed by atoms with Gasteiger partial charge in [0, 0.05) is 31.8 Å². The molecule has 1 aliphatic heterocycles. The molecule has 0 fully saturated rings. The molecule has 6 nitrogen and oxygen atoms in total. The number of aromatic nitrogens is 3. The first kappa shape index (κ1) is 13.8. The van der Waals surface area contributed by atoms with E-state index in [1.807, 2.05) is 30.3 Å². The van der Waals surface area contributed by atoms with Crippen LogP contribution in [-0.4, -0.2) is 32.1 Å². The van der Waals surface area contributed by atoms with E-state index in [4.69, 9.17) is 4.42 Å². The first-order valence-electron chi connectivity index (χ1n) is 7.53.